The number of hydrogen-bond donors (Lipinski definition) is 0. The van der Waals surface area contributed by atoms with Gasteiger partial charge in [0, 0.05) is 27.1 Å². The van der Waals surface area contributed by atoms with Crippen molar-refractivity contribution >= 4 is 43.6 Å². The summed E-state index contributed by atoms with van der Waals surface area (Å²) < 4.78 is 145. The highest BCUT2D eigenvalue weighted by Crippen LogP contribution is 2.39. The summed E-state index contributed by atoms with van der Waals surface area (Å²) >= 11 is 0. The second kappa shape index (κ2) is 14.7. The highest BCUT2D eigenvalue weighted by molar-refractivity contribution is 6.10. The quantitative estimate of drug-likeness (QED) is 0.161. The number of fused-ring (bicyclic) bond motifs is 6. The normalized spacial score (nSPS) is 15.2. The average molecular weight is 808 g/mol. The summed E-state index contributed by atoms with van der Waals surface area (Å²) in [7, 11) is 0. The summed E-state index contributed by atoms with van der Waals surface area (Å²) in [5.41, 5.74) is 6.61. The highest BCUT2D eigenvalue weighted by Gasteiger charge is 2.21. The molecule has 0 saturated carbocycles. The van der Waals surface area contributed by atoms with Crippen molar-refractivity contribution in [1.29, 1.82) is 0 Å². The lowest BCUT2D eigenvalue weighted by atomic mass is 9.89. The molecule has 0 saturated heterocycles. The summed E-state index contributed by atoms with van der Waals surface area (Å²) in [6.45, 7) is 0. The molecular weight excluding hydrogens is 755 g/mol. The standard InChI is InChI=1S/C57H37N5/c1-3-17-38(18-4-1)42-35-43(37-44(36-42)46-22-8-7-21-45(46)40-19-5-2-6-20-40)39-31-33-41(34-32-39)55-58-56(61-51-27-13-9-23-47(51)48-24-10-14-28-52(48)61)60-57(59-55)62-53-29-15-11-25-49(53)50-26-12-16-30-54(50)62/h1-37H/i9D,10D,11D,12D,13D,14D,15D,16D,23D,24D,25D,26D,27D,28D,29D,30D. The summed E-state index contributed by atoms with van der Waals surface area (Å²) in [6, 6.07) is 31.2. The van der Waals surface area contributed by atoms with Crippen LogP contribution in [0.4, 0.5) is 0 Å². The van der Waals surface area contributed by atoms with E-state index in [2.05, 4.69) is 42.5 Å². The first-order valence-electron chi connectivity index (χ1n) is 27.6. The monoisotopic (exact) mass is 807 g/mol. The van der Waals surface area contributed by atoms with Crippen LogP contribution in [0.5, 0.6) is 0 Å². The second-order valence-corrected chi connectivity index (χ2v) is 14.5. The first-order valence-corrected chi connectivity index (χ1v) is 19.6. The Hall–Kier alpha value is -8.41. The van der Waals surface area contributed by atoms with Crippen molar-refractivity contribution in [2.45, 2.75) is 0 Å². The van der Waals surface area contributed by atoms with Crippen molar-refractivity contribution in [2.75, 3.05) is 0 Å². The van der Waals surface area contributed by atoms with Crippen LogP contribution in [0, 0.1) is 0 Å². The molecule has 0 aliphatic carbocycles. The predicted molar refractivity (Wildman–Crippen MR) is 256 cm³/mol. The second-order valence-electron chi connectivity index (χ2n) is 14.5. The van der Waals surface area contributed by atoms with Gasteiger partial charge in [0.25, 0.3) is 0 Å². The van der Waals surface area contributed by atoms with Crippen LogP contribution in [0.25, 0.3) is 111 Å². The third-order valence-corrected chi connectivity index (χ3v) is 10.9. The van der Waals surface area contributed by atoms with Gasteiger partial charge in [-0.15, -0.1) is 0 Å². The molecule has 0 fully saturated rings. The Kier molecular flexibility index (Phi) is 5.41. The molecule has 5 nitrogen and oxygen atoms in total. The Morgan fingerprint density at radius 2 is 0.661 bits per heavy atom. The zero-order valence-corrected chi connectivity index (χ0v) is 32.4. The molecule has 0 atom stereocenters. The Balaban J connectivity index is 1.16. The van der Waals surface area contributed by atoms with E-state index in [0.29, 0.717) is 5.56 Å². The van der Waals surface area contributed by atoms with Crippen LogP contribution in [-0.2, 0) is 0 Å². The van der Waals surface area contributed by atoms with Gasteiger partial charge in [-0.25, -0.2) is 0 Å². The third-order valence-electron chi connectivity index (χ3n) is 10.9. The largest absolute Gasteiger partial charge is 0.278 e. The van der Waals surface area contributed by atoms with E-state index in [-0.39, 0.29) is 49.4 Å². The fourth-order valence-corrected chi connectivity index (χ4v) is 8.09. The number of rotatable bonds is 7. The summed E-state index contributed by atoms with van der Waals surface area (Å²) in [6.07, 6.45) is 0. The van der Waals surface area contributed by atoms with E-state index in [9.17, 15) is 5.48 Å². The lowest BCUT2D eigenvalue weighted by Gasteiger charge is -2.15. The summed E-state index contributed by atoms with van der Waals surface area (Å²) in [5, 5.41) is -1.06. The molecule has 0 aliphatic heterocycles. The molecule has 0 amide bonds. The Bertz CT molecular complexity index is 4230. The van der Waals surface area contributed by atoms with Gasteiger partial charge in [0.05, 0.1) is 44.0 Å². The predicted octanol–water partition coefficient (Wildman–Crippen LogP) is 14.4. The van der Waals surface area contributed by atoms with Crippen molar-refractivity contribution in [3.05, 3.63) is 224 Å². The van der Waals surface area contributed by atoms with Crippen LogP contribution in [-0.4, -0.2) is 24.1 Å². The summed E-state index contributed by atoms with van der Waals surface area (Å²) in [5.74, 6) is -1.09. The van der Waals surface area contributed by atoms with E-state index in [4.69, 9.17) is 31.4 Å². The van der Waals surface area contributed by atoms with Crippen molar-refractivity contribution in [2.24, 2.45) is 0 Å². The average Bonchev–Trinajstić information content (AvgIpc) is 3.85. The highest BCUT2D eigenvalue weighted by atomic mass is 15.3. The molecule has 12 rings (SSSR count). The number of para-hydroxylation sites is 4. The van der Waals surface area contributed by atoms with Gasteiger partial charge in [-0.3, -0.25) is 9.13 Å². The minimum Gasteiger partial charge on any atom is -0.278 e. The van der Waals surface area contributed by atoms with Gasteiger partial charge < -0.3 is 0 Å². The molecule has 0 radical (unpaired) electrons. The van der Waals surface area contributed by atoms with Gasteiger partial charge in [0.2, 0.25) is 11.9 Å². The molecule has 12 aromatic rings. The zero-order valence-electron chi connectivity index (χ0n) is 48.4. The van der Waals surface area contributed by atoms with Crippen molar-refractivity contribution in [3.8, 4) is 67.8 Å². The van der Waals surface area contributed by atoms with Crippen LogP contribution in [0.15, 0.2) is 224 Å². The maximum Gasteiger partial charge on any atom is 0.240 e. The molecule has 9 aromatic carbocycles. The molecule has 290 valence electrons. The van der Waals surface area contributed by atoms with Crippen molar-refractivity contribution in [3.63, 3.8) is 0 Å². The van der Waals surface area contributed by atoms with Gasteiger partial charge in [-0.05, 0) is 86.9 Å². The smallest absolute Gasteiger partial charge is 0.240 e. The first kappa shape index (κ1) is 22.8. The van der Waals surface area contributed by atoms with Gasteiger partial charge in [0.15, 0.2) is 5.82 Å². The van der Waals surface area contributed by atoms with E-state index in [1.807, 2.05) is 72.8 Å². The molecule has 0 aliphatic rings. The minimum atomic E-state index is -0.700. The van der Waals surface area contributed by atoms with Crippen LogP contribution in [0.2, 0.25) is 0 Å². The number of benzene rings is 9. The number of nitrogens with zero attached hydrogens (tertiary/aromatic N) is 5. The SMILES string of the molecule is [2H]c1c([2H])c([2H])c2c(c1[2H])c1c([2H])c([2H])c([2H])c([2H])c1n2-c1nc(-c2ccc(-c3cc(-c4ccccc4)cc(-c4ccccc4-c4ccccc4)c3)cc2)nc(-n2c3c([2H])c([2H])c([2H])c([2H])c3c3c([2H])c([2H])c([2H])c([2H])c32)n1. The number of aromatic nitrogens is 5. The van der Waals surface area contributed by atoms with E-state index >= 15 is 0 Å². The minimum absolute atomic E-state index is 0.148. The van der Waals surface area contributed by atoms with Gasteiger partial charge in [-0.1, -0.05) is 182 Å². The lowest BCUT2D eigenvalue weighted by molar-refractivity contribution is 0.893. The fraction of sp³-hybridized carbons (Fsp3) is 0. The first-order chi connectivity index (χ1) is 37.4. The van der Waals surface area contributed by atoms with Gasteiger partial charge in [0.1, 0.15) is 0 Å². The molecule has 5 heteroatoms. The van der Waals surface area contributed by atoms with Gasteiger partial charge >= 0.3 is 0 Å². The topological polar surface area (TPSA) is 48.5 Å². The molecule has 3 heterocycles. The van der Waals surface area contributed by atoms with E-state index < -0.39 is 109 Å². The molecule has 0 N–H and O–H groups in total. The third kappa shape index (κ3) is 5.98. The van der Waals surface area contributed by atoms with E-state index in [1.165, 1.54) is 0 Å². The van der Waals surface area contributed by atoms with Crippen LogP contribution in [0.1, 0.15) is 21.9 Å². The fourth-order valence-electron chi connectivity index (χ4n) is 8.09. The summed E-state index contributed by atoms with van der Waals surface area (Å²) in [4.78, 5) is 14.5. The van der Waals surface area contributed by atoms with Crippen LogP contribution < -0.4 is 0 Å². The zero-order chi connectivity index (χ0) is 54.9. The molecule has 3 aromatic heterocycles. The van der Waals surface area contributed by atoms with Crippen LogP contribution in [0.3, 0.4) is 0 Å². The molecule has 0 unspecified atom stereocenters. The van der Waals surface area contributed by atoms with Crippen molar-refractivity contribution in [1.82, 2.24) is 24.1 Å². The Morgan fingerprint density at radius 3 is 1.13 bits per heavy atom. The maximum absolute atomic E-state index is 9.24. The molecular formula is C57H37N5. The van der Waals surface area contributed by atoms with E-state index in [0.717, 1.165) is 53.6 Å². The molecule has 62 heavy (non-hydrogen) atoms. The lowest BCUT2D eigenvalue weighted by Crippen LogP contribution is -2.10. The Labute approximate surface area is 381 Å². The number of hydrogen-bond acceptors (Lipinski definition) is 3. The van der Waals surface area contributed by atoms with E-state index in [1.54, 1.807) is 12.1 Å². The maximum atomic E-state index is 9.24. The molecule has 0 bridgehead atoms. The molecule has 0 spiro atoms. The Morgan fingerprint density at radius 1 is 0.306 bits per heavy atom. The van der Waals surface area contributed by atoms with Gasteiger partial charge in [-0.2, -0.15) is 15.0 Å². The van der Waals surface area contributed by atoms with Crippen molar-refractivity contribution < 1.29 is 21.9 Å². The van der Waals surface area contributed by atoms with Crippen LogP contribution >= 0.6 is 0 Å².